The van der Waals surface area contributed by atoms with Gasteiger partial charge in [0.05, 0.1) is 15.7 Å². The van der Waals surface area contributed by atoms with Crippen molar-refractivity contribution in [1.82, 2.24) is 4.98 Å². The van der Waals surface area contributed by atoms with Crippen molar-refractivity contribution in [2.75, 3.05) is 5.32 Å². The van der Waals surface area contributed by atoms with Crippen LogP contribution in [0.4, 0.5) is 5.69 Å². The highest BCUT2D eigenvalue weighted by atomic mass is 32.2. The molecule has 0 unspecified atom stereocenters. The molecular weight excluding hydrogens is 344 g/mol. The second kappa shape index (κ2) is 6.21. The minimum absolute atomic E-state index is 0.177. The van der Waals surface area contributed by atoms with Crippen LogP contribution in [0.5, 0.6) is 0 Å². The molecule has 0 aliphatic rings. The van der Waals surface area contributed by atoms with E-state index in [1.165, 1.54) is 24.3 Å². The Bertz CT molecular complexity index is 1090. The number of carbonyl (C=O) groups excluding carboxylic acids is 1. The molecule has 130 valence electrons. The molecule has 0 atom stereocenters. The Morgan fingerprint density at radius 1 is 1.12 bits per heavy atom. The maximum atomic E-state index is 12.3. The number of carbonyl (C=O) groups is 1. The molecule has 0 saturated carbocycles. The maximum Gasteiger partial charge on any atom is 0.417 e. The highest BCUT2D eigenvalue weighted by Gasteiger charge is 2.19. The Hall–Kier alpha value is -2.87. The number of anilines is 1. The molecule has 3 rings (SSSR count). The Morgan fingerprint density at radius 2 is 1.80 bits per heavy atom. The van der Waals surface area contributed by atoms with Gasteiger partial charge in [0.25, 0.3) is 5.91 Å². The Labute approximate surface area is 143 Å². The molecule has 0 saturated heterocycles. The second-order valence-electron chi connectivity index (χ2n) is 5.80. The zero-order chi connectivity index (χ0) is 18.2. The van der Waals surface area contributed by atoms with E-state index in [1.54, 1.807) is 32.0 Å². The molecule has 0 bridgehead atoms. The smallest absolute Gasteiger partial charge is 0.408 e. The van der Waals surface area contributed by atoms with E-state index in [0.29, 0.717) is 22.4 Å². The van der Waals surface area contributed by atoms with E-state index in [9.17, 15) is 18.0 Å². The predicted octanol–water partition coefficient (Wildman–Crippen LogP) is 2.56. The van der Waals surface area contributed by atoms with Crippen molar-refractivity contribution in [2.45, 2.75) is 24.0 Å². The molecule has 0 fully saturated rings. The van der Waals surface area contributed by atoms with Crippen molar-refractivity contribution < 1.29 is 17.6 Å². The fourth-order valence-electron chi connectivity index (χ4n) is 2.30. The van der Waals surface area contributed by atoms with Crippen LogP contribution in [0.2, 0.25) is 0 Å². The van der Waals surface area contributed by atoms with Crippen molar-refractivity contribution in [1.29, 1.82) is 0 Å². The maximum absolute atomic E-state index is 12.3. The number of sulfone groups is 1. The quantitative estimate of drug-likeness (QED) is 0.743. The third-order valence-electron chi connectivity index (χ3n) is 3.74. The molecular formula is C17H16N2O5S. The molecule has 1 amide bonds. The van der Waals surface area contributed by atoms with Gasteiger partial charge < -0.3 is 9.73 Å². The van der Waals surface area contributed by atoms with E-state index in [0.717, 1.165) is 0 Å². The fourth-order valence-corrected chi connectivity index (χ4v) is 3.36. The topological polar surface area (TPSA) is 109 Å². The number of hydrogen-bond donors (Lipinski definition) is 2. The number of amides is 1. The predicted molar refractivity (Wildman–Crippen MR) is 93.6 cm³/mol. The van der Waals surface area contributed by atoms with Gasteiger partial charge in [-0.25, -0.2) is 13.2 Å². The zero-order valence-corrected chi connectivity index (χ0v) is 14.4. The normalized spacial score (nSPS) is 11.8. The number of fused-ring (bicyclic) bond motifs is 1. The minimum atomic E-state index is -3.38. The van der Waals surface area contributed by atoms with E-state index in [4.69, 9.17) is 4.42 Å². The van der Waals surface area contributed by atoms with Gasteiger partial charge in [-0.1, -0.05) is 0 Å². The number of hydrogen-bond acceptors (Lipinski definition) is 5. The lowest BCUT2D eigenvalue weighted by Crippen LogP contribution is -2.15. The van der Waals surface area contributed by atoms with Crippen LogP contribution in [0.15, 0.2) is 56.6 Å². The van der Waals surface area contributed by atoms with E-state index in [1.807, 2.05) is 0 Å². The molecule has 1 aromatic heterocycles. The van der Waals surface area contributed by atoms with Crippen LogP contribution < -0.4 is 11.1 Å². The van der Waals surface area contributed by atoms with Gasteiger partial charge in [-0.15, -0.1) is 0 Å². The SMILES string of the molecule is CC(C)S(=O)(=O)c1ccc(C(=O)Nc2ccc3oc(=O)[nH]c3c2)cc1. The highest BCUT2D eigenvalue weighted by molar-refractivity contribution is 7.92. The van der Waals surface area contributed by atoms with Crippen LogP contribution in [-0.2, 0) is 9.84 Å². The van der Waals surface area contributed by atoms with Gasteiger partial charge in [-0.05, 0) is 56.3 Å². The van der Waals surface area contributed by atoms with Crippen LogP contribution in [0, 0.1) is 0 Å². The zero-order valence-electron chi connectivity index (χ0n) is 13.6. The summed E-state index contributed by atoms with van der Waals surface area (Å²) >= 11 is 0. The number of benzene rings is 2. The second-order valence-corrected chi connectivity index (χ2v) is 8.30. The van der Waals surface area contributed by atoms with E-state index < -0.39 is 26.8 Å². The molecule has 0 radical (unpaired) electrons. The van der Waals surface area contributed by atoms with Gasteiger partial charge >= 0.3 is 5.76 Å². The summed E-state index contributed by atoms with van der Waals surface area (Å²) in [4.78, 5) is 26.1. The van der Waals surface area contributed by atoms with Crippen LogP contribution in [0.25, 0.3) is 11.1 Å². The summed E-state index contributed by atoms with van der Waals surface area (Å²) in [5.74, 6) is -0.959. The van der Waals surface area contributed by atoms with Crippen LogP contribution in [-0.4, -0.2) is 24.6 Å². The summed E-state index contributed by atoms with van der Waals surface area (Å²) in [5.41, 5.74) is 1.67. The first kappa shape index (κ1) is 17.0. The molecule has 3 aromatic rings. The van der Waals surface area contributed by atoms with E-state index in [2.05, 4.69) is 10.3 Å². The first-order chi connectivity index (χ1) is 11.8. The van der Waals surface area contributed by atoms with Crippen LogP contribution in [0.1, 0.15) is 24.2 Å². The first-order valence-electron chi connectivity index (χ1n) is 7.55. The molecule has 2 N–H and O–H groups in total. The summed E-state index contributed by atoms with van der Waals surface area (Å²) < 4.78 is 29.1. The fraction of sp³-hybridized carbons (Fsp3) is 0.176. The lowest BCUT2D eigenvalue weighted by atomic mass is 10.2. The summed E-state index contributed by atoms with van der Waals surface area (Å²) in [5, 5.41) is 2.16. The van der Waals surface area contributed by atoms with Gasteiger partial charge in [0.1, 0.15) is 0 Å². The summed E-state index contributed by atoms with van der Waals surface area (Å²) in [6.45, 7) is 3.21. The molecule has 2 aromatic carbocycles. The molecule has 7 nitrogen and oxygen atoms in total. The highest BCUT2D eigenvalue weighted by Crippen LogP contribution is 2.19. The van der Waals surface area contributed by atoms with Crippen molar-refractivity contribution in [3.63, 3.8) is 0 Å². The van der Waals surface area contributed by atoms with E-state index in [-0.39, 0.29) is 4.90 Å². The van der Waals surface area contributed by atoms with Gasteiger partial charge in [0.2, 0.25) is 0 Å². The molecule has 0 aliphatic heterocycles. The number of aromatic amines is 1. The van der Waals surface area contributed by atoms with Gasteiger partial charge in [0, 0.05) is 11.3 Å². The number of rotatable bonds is 4. The summed E-state index contributed by atoms with van der Waals surface area (Å²) in [7, 11) is -3.38. The Morgan fingerprint density at radius 3 is 2.44 bits per heavy atom. The van der Waals surface area contributed by atoms with Crippen molar-refractivity contribution in [3.05, 3.63) is 58.6 Å². The molecule has 0 aliphatic carbocycles. The van der Waals surface area contributed by atoms with Gasteiger partial charge in [0.15, 0.2) is 15.4 Å². The number of aromatic nitrogens is 1. The lowest BCUT2D eigenvalue weighted by molar-refractivity contribution is 0.102. The standard InChI is InChI=1S/C17H16N2O5S/c1-10(2)25(22,23)13-6-3-11(4-7-13)16(20)18-12-5-8-15-14(9-12)19-17(21)24-15/h3-10H,1-2H3,(H,18,20)(H,19,21). The molecule has 25 heavy (non-hydrogen) atoms. The minimum Gasteiger partial charge on any atom is -0.408 e. The summed E-state index contributed by atoms with van der Waals surface area (Å²) in [6.07, 6.45) is 0. The van der Waals surface area contributed by atoms with Crippen LogP contribution >= 0.6 is 0 Å². The third kappa shape index (κ3) is 3.34. The Balaban J connectivity index is 1.81. The number of H-pyrrole nitrogens is 1. The molecule has 0 spiro atoms. The largest absolute Gasteiger partial charge is 0.417 e. The Kier molecular flexibility index (Phi) is 4.22. The molecule has 1 heterocycles. The number of nitrogens with one attached hydrogen (secondary N) is 2. The van der Waals surface area contributed by atoms with Gasteiger partial charge in [-0.2, -0.15) is 0 Å². The average molecular weight is 360 g/mol. The monoisotopic (exact) mass is 360 g/mol. The average Bonchev–Trinajstić information content (AvgIpc) is 2.94. The van der Waals surface area contributed by atoms with Crippen molar-refractivity contribution in [3.8, 4) is 0 Å². The van der Waals surface area contributed by atoms with E-state index >= 15 is 0 Å². The molecule has 8 heteroatoms. The van der Waals surface area contributed by atoms with Crippen LogP contribution in [0.3, 0.4) is 0 Å². The van der Waals surface area contributed by atoms with Crippen molar-refractivity contribution in [2.24, 2.45) is 0 Å². The van der Waals surface area contributed by atoms with Crippen molar-refractivity contribution >= 4 is 32.5 Å². The first-order valence-corrected chi connectivity index (χ1v) is 9.10. The van der Waals surface area contributed by atoms with Gasteiger partial charge in [-0.3, -0.25) is 9.78 Å². The third-order valence-corrected chi connectivity index (χ3v) is 5.91. The lowest BCUT2D eigenvalue weighted by Gasteiger charge is -2.09. The number of oxazole rings is 1. The summed E-state index contributed by atoms with van der Waals surface area (Å²) in [6, 6.07) is 10.5.